The number of anilines is 1. The van der Waals surface area contributed by atoms with Crippen LogP contribution in [0.25, 0.3) is 5.95 Å². The van der Waals surface area contributed by atoms with Gasteiger partial charge in [0.15, 0.2) is 4.34 Å². The van der Waals surface area contributed by atoms with Crippen molar-refractivity contribution in [3.05, 3.63) is 23.7 Å². The Hall–Kier alpha value is -2.07. The maximum atomic E-state index is 4.39. The third kappa shape index (κ3) is 2.75. The van der Waals surface area contributed by atoms with Crippen LogP contribution in [0.3, 0.4) is 0 Å². The van der Waals surface area contributed by atoms with Gasteiger partial charge in [-0.05, 0) is 18.7 Å². The summed E-state index contributed by atoms with van der Waals surface area (Å²) in [7, 11) is 1.76. The first-order chi connectivity index (χ1) is 9.74. The van der Waals surface area contributed by atoms with E-state index in [1.807, 2.05) is 6.92 Å². The molecule has 0 bridgehead atoms. The van der Waals surface area contributed by atoms with Crippen molar-refractivity contribution >= 4 is 29.0 Å². The molecular formula is C10H10N8S2. The number of aromatic nitrogens is 7. The van der Waals surface area contributed by atoms with Gasteiger partial charge in [-0.1, -0.05) is 11.3 Å². The molecule has 3 heterocycles. The number of nitrogens with one attached hydrogen (secondary N) is 1. The molecule has 0 saturated carbocycles. The van der Waals surface area contributed by atoms with E-state index in [-0.39, 0.29) is 0 Å². The predicted molar refractivity (Wildman–Crippen MR) is 75.3 cm³/mol. The molecule has 0 atom stereocenters. The molecule has 8 nitrogen and oxygen atoms in total. The molecule has 0 saturated heterocycles. The highest BCUT2D eigenvalue weighted by Gasteiger charge is 2.11. The molecule has 3 rings (SSSR count). The molecule has 3 aromatic rings. The topological polar surface area (TPSA) is 94.3 Å². The van der Waals surface area contributed by atoms with E-state index in [0.29, 0.717) is 17.1 Å². The Bertz CT molecular complexity index is 708. The van der Waals surface area contributed by atoms with Gasteiger partial charge < -0.3 is 5.32 Å². The van der Waals surface area contributed by atoms with Crippen LogP contribution in [0.15, 0.2) is 28.2 Å². The molecule has 0 aliphatic rings. The van der Waals surface area contributed by atoms with Gasteiger partial charge in [0.25, 0.3) is 0 Å². The molecule has 0 spiro atoms. The van der Waals surface area contributed by atoms with Crippen LogP contribution in [-0.4, -0.2) is 41.7 Å². The van der Waals surface area contributed by atoms with Crippen molar-refractivity contribution in [3.63, 3.8) is 0 Å². The second-order valence-electron chi connectivity index (χ2n) is 3.65. The highest BCUT2D eigenvalue weighted by atomic mass is 32.2. The number of imidazole rings is 1. The first kappa shape index (κ1) is 12.9. The van der Waals surface area contributed by atoms with Gasteiger partial charge in [0.2, 0.25) is 17.1 Å². The second-order valence-corrected chi connectivity index (χ2v) is 6.05. The second kappa shape index (κ2) is 5.51. The Morgan fingerprint density at radius 1 is 1.25 bits per heavy atom. The minimum Gasteiger partial charge on any atom is -0.357 e. The quantitative estimate of drug-likeness (QED) is 0.773. The third-order valence-corrected chi connectivity index (χ3v) is 4.00. The molecule has 20 heavy (non-hydrogen) atoms. The minimum absolute atomic E-state index is 0.493. The van der Waals surface area contributed by atoms with Crippen LogP contribution in [0.5, 0.6) is 0 Å². The van der Waals surface area contributed by atoms with Gasteiger partial charge in [-0.3, -0.25) is 4.57 Å². The molecule has 0 aromatic carbocycles. The molecule has 0 amide bonds. The standard InChI is InChI=1S/C10H10N8S2/c1-6-16-17-10(19-6)20-9-14-7(11-2)13-8(15-9)18-4-3-12-5-18/h3-5H,1-2H3,(H,11,13,14,15). The van der Waals surface area contributed by atoms with Gasteiger partial charge in [0, 0.05) is 19.4 Å². The predicted octanol–water partition coefficient (Wildman–Crippen LogP) is 1.41. The highest BCUT2D eigenvalue weighted by molar-refractivity contribution is 8.00. The fourth-order valence-corrected chi connectivity index (χ4v) is 3.06. The molecular weight excluding hydrogens is 296 g/mol. The molecule has 0 fully saturated rings. The van der Waals surface area contributed by atoms with Crippen LogP contribution in [0.2, 0.25) is 0 Å². The lowest BCUT2D eigenvalue weighted by atomic mass is 10.8. The lowest BCUT2D eigenvalue weighted by Gasteiger charge is -2.05. The summed E-state index contributed by atoms with van der Waals surface area (Å²) in [5, 5.41) is 12.4. The van der Waals surface area contributed by atoms with Crippen LogP contribution in [0.1, 0.15) is 5.01 Å². The first-order valence-electron chi connectivity index (χ1n) is 5.65. The van der Waals surface area contributed by atoms with Crippen LogP contribution >= 0.6 is 23.1 Å². The number of hydrogen-bond donors (Lipinski definition) is 1. The summed E-state index contributed by atoms with van der Waals surface area (Å²) in [6.07, 6.45) is 5.08. The van der Waals surface area contributed by atoms with Gasteiger partial charge >= 0.3 is 0 Å². The van der Waals surface area contributed by atoms with Gasteiger partial charge in [0.05, 0.1) is 0 Å². The molecule has 0 radical (unpaired) electrons. The molecule has 0 unspecified atom stereocenters. The van der Waals surface area contributed by atoms with Gasteiger partial charge in [-0.25, -0.2) is 4.98 Å². The van der Waals surface area contributed by atoms with Crippen LogP contribution < -0.4 is 5.32 Å². The van der Waals surface area contributed by atoms with Crippen LogP contribution in [0.4, 0.5) is 5.95 Å². The highest BCUT2D eigenvalue weighted by Crippen LogP contribution is 2.28. The Morgan fingerprint density at radius 2 is 2.15 bits per heavy atom. The molecule has 0 aliphatic heterocycles. The molecule has 3 aromatic heterocycles. The van der Waals surface area contributed by atoms with Gasteiger partial charge in [-0.15, -0.1) is 10.2 Å². The Kier molecular flexibility index (Phi) is 3.56. The van der Waals surface area contributed by atoms with Crippen LogP contribution in [0, 0.1) is 6.92 Å². The summed E-state index contributed by atoms with van der Waals surface area (Å²) >= 11 is 2.86. The van der Waals surface area contributed by atoms with Gasteiger partial charge in [0.1, 0.15) is 11.3 Å². The lowest BCUT2D eigenvalue weighted by Crippen LogP contribution is -2.06. The Balaban J connectivity index is 1.96. The Morgan fingerprint density at radius 3 is 2.80 bits per heavy atom. The largest absolute Gasteiger partial charge is 0.357 e. The normalized spacial score (nSPS) is 10.7. The average Bonchev–Trinajstić information content (AvgIpc) is 3.10. The molecule has 0 aliphatic carbocycles. The zero-order valence-electron chi connectivity index (χ0n) is 10.7. The maximum absolute atomic E-state index is 4.39. The summed E-state index contributed by atoms with van der Waals surface area (Å²) in [4.78, 5) is 17.0. The van der Waals surface area contributed by atoms with Crippen molar-refractivity contribution in [2.24, 2.45) is 0 Å². The van der Waals surface area contributed by atoms with Crippen molar-refractivity contribution in [2.45, 2.75) is 16.4 Å². The van der Waals surface area contributed by atoms with Crippen LogP contribution in [-0.2, 0) is 0 Å². The number of hydrogen-bond acceptors (Lipinski definition) is 9. The minimum atomic E-state index is 0.493. The monoisotopic (exact) mass is 306 g/mol. The first-order valence-corrected chi connectivity index (χ1v) is 7.28. The fraction of sp³-hybridized carbons (Fsp3) is 0.200. The van der Waals surface area contributed by atoms with E-state index in [0.717, 1.165) is 9.35 Å². The fourth-order valence-electron chi connectivity index (χ4n) is 1.39. The van der Waals surface area contributed by atoms with E-state index < -0.39 is 0 Å². The molecule has 102 valence electrons. The van der Waals surface area contributed by atoms with Crippen molar-refractivity contribution in [3.8, 4) is 5.95 Å². The SMILES string of the molecule is CNc1nc(Sc2nnc(C)s2)nc(-n2ccnc2)n1. The van der Waals surface area contributed by atoms with E-state index in [1.165, 1.54) is 23.1 Å². The molecule has 10 heteroatoms. The maximum Gasteiger partial charge on any atom is 0.240 e. The average molecular weight is 306 g/mol. The summed E-state index contributed by atoms with van der Waals surface area (Å²) in [6.45, 7) is 1.91. The molecule has 1 N–H and O–H groups in total. The van der Waals surface area contributed by atoms with E-state index in [1.54, 1.807) is 30.3 Å². The number of nitrogens with zero attached hydrogens (tertiary/aromatic N) is 7. The van der Waals surface area contributed by atoms with Gasteiger partial charge in [-0.2, -0.15) is 15.0 Å². The summed E-state index contributed by atoms with van der Waals surface area (Å²) in [5.74, 6) is 0.998. The number of rotatable bonds is 4. The van der Waals surface area contributed by atoms with E-state index in [4.69, 9.17) is 0 Å². The van der Waals surface area contributed by atoms with Crippen molar-refractivity contribution in [1.82, 2.24) is 34.7 Å². The van der Waals surface area contributed by atoms with E-state index in [9.17, 15) is 0 Å². The zero-order valence-corrected chi connectivity index (χ0v) is 12.3. The smallest absolute Gasteiger partial charge is 0.240 e. The number of aryl methyl sites for hydroxylation is 1. The lowest BCUT2D eigenvalue weighted by molar-refractivity contribution is 0.826. The Labute approximate surface area is 122 Å². The van der Waals surface area contributed by atoms with Crippen molar-refractivity contribution in [2.75, 3.05) is 12.4 Å². The zero-order chi connectivity index (χ0) is 13.9. The van der Waals surface area contributed by atoms with Crippen molar-refractivity contribution in [1.29, 1.82) is 0 Å². The third-order valence-electron chi connectivity index (χ3n) is 2.25. The summed E-state index contributed by atoms with van der Waals surface area (Å²) < 4.78 is 2.52. The van der Waals surface area contributed by atoms with E-state index in [2.05, 4.69) is 35.5 Å². The summed E-state index contributed by atoms with van der Waals surface area (Å²) in [6, 6.07) is 0. The van der Waals surface area contributed by atoms with E-state index >= 15 is 0 Å². The van der Waals surface area contributed by atoms with Crippen molar-refractivity contribution < 1.29 is 0 Å². The summed E-state index contributed by atoms with van der Waals surface area (Å²) in [5.41, 5.74) is 0.